The molecule has 0 unspecified atom stereocenters. The second kappa shape index (κ2) is 10.1. The highest BCUT2D eigenvalue weighted by Gasteiger charge is 2.25. The molecule has 136 valence electrons. The zero-order chi connectivity index (χ0) is 18.8. The van der Waals surface area contributed by atoms with Gasteiger partial charge in [0.1, 0.15) is 6.04 Å². The first-order valence-corrected chi connectivity index (χ1v) is 7.93. The van der Waals surface area contributed by atoms with Gasteiger partial charge in [-0.15, -0.1) is 0 Å². The molecule has 1 aromatic rings. The van der Waals surface area contributed by atoms with E-state index in [4.69, 9.17) is 10.5 Å². The Morgan fingerprint density at radius 3 is 2.36 bits per heavy atom. The van der Waals surface area contributed by atoms with E-state index in [1.165, 1.54) is 0 Å². The lowest BCUT2D eigenvalue weighted by atomic mass is 10.0. The summed E-state index contributed by atoms with van der Waals surface area (Å²) in [6.45, 7) is 3.16. The number of nitrogens with two attached hydrogens (primary N) is 1. The van der Waals surface area contributed by atoms with Gasteiger partial charge in [0.05, 0.1) is 19.1 Å². The fraction of sp³-hybridized carbons (Fsp3) is 0.412. The van der Waals surface area contributed by atoms with Gasteiger partial charge < -0.3 is 21.1 Å². The highest BCUT2D eigenvalue weighted by molar-refractivity contribution is 5.97. The molecule has 8 nitrogen and oxygen atoms in total. The van der Waals surface area contributed by atoms with Gasteiger partial charge in [-0.05, 0) is 25.5 Å². The Morgan fingerprint density at radius 1 is 1.16 bits per heavy atom. The van der Waals surface area contributed by atoms with Crippen LogP contribution < -0.4 is 16.4 Å². The molecule has 0 radical (unpaired) electrons. The van der Waals surface area contributed by atoms with Crippen LogP contribution in [0.2, 0.25) is 0 Å². The van der Waals surface area contributed by atoms with Crippen molar-refractivity contribution >= 4 is 23.7 Å². The number of hydrogen-bond donors (Lipinski definition) is 3. The van der Waals surface area contributed by atoms with Crippen LogP contribution in [0.4, 0.5) is 0 Å². The zero-order valence-electron chi connectivity index (χ0n) is 14.3. The third kappa shape index (κ3) is 7.03. The summed E-state index contributed by atoms with van der Waals surface area (Å²) in [7, 11) is 0. The first-order valence-electron chi connectivity index (χ1n) is 7.93. The Morgan fingerprint density at radius 2 is 1.80 bits per heavy atom. The number of amides is 3. The third-order valence-corrected chi connectivity index (χ3v) is 3.40. The van der Waals surface area contributed by atoms with Crippen LogP contribution in [0.5, 0.6) is 0 Å². The molecule has 1 rings (SSSR count). The van der Waals surface area contributed by atoms with E-state index in [1.807, 2.05) is 0 Å². The Labute approximate surface area is 146 Å². The molecule has 0 saturated heterocycles. The summed E-state index contributed by atoms with van der Waals surface area (Å²) in [6, 6.07) is 7.37. The normalized spacial score (nSPS) is 12.6. The number of carbonyl (C=O) groups excluding carboxylic acids is 4. The van der Waals surface area contributed by atoms with Crippen LogP contribution in [0.1, 0.15) is 30.6 Å². The van der Waals surface area contributed by atoms with Crippen molar-refractivity contribution in [2.45, 2.75) is 26.3 Å². The van der Waals surface area contributed by atoms with Crippen molar-refractivity contribution < 1.29 is 23.9 Å². The van der Waals surface area contributed by atoms with Crippen LogP contribution in [0.15, 0.2) is 30.3 Å². The SMILES string of the molecule is CCOC(=O)[C@H](C)C[C@@H](NC(=O)CNC(=O)c1ccccc1)C(N)=O. The van der Waals surface area contributed by atoms with Crippen molar-refractivity contribution in [3.63, 3.8) is 0 Å². The molecule has 2 atom stereocenters. The molecule has 1 aromatic carbocycles. The lowest BCUT2D eigenvalue weighted by Gasteiger charge is -2.19. The van der Waals surface area contributed by atoms with Crippen molar-refractivity contribution in [3.05, 3.63) is 35.9 Å². The maximum Gasteiger partial charge on any atom is 0.308 e. The molecule has 25 heavy (non-hydrogen) atoms. The minimum atomic E-state index is -1.03. The van der Waals surface area contributed by atoms with Crippen molar-refractivity contribution in [2.24, 2.45) is 11.7 Å². The van der Waals surface area contributed by atoms with E-state index in [2.05, 4.69) is 10.6 Å². The van der Waals surface area contributed by atoms with Crippen molar-refractivity contribution in [1.82, 2.24) is 10.6 Å². The van der Waals surface area contributed by atoms with E-state index in [0.717, 1.165) is 0 Å². The first-order chi connectivity index (χ1) is 11.8. The molecule has 0 aliphatic heterocycles. The van der Waals surface area contributed by atoms with Gasteiger partial charge in [-0.25, -0.2) is 0 Å². The number of benzene rings is 1. The zero-order valence-corrected chi connectivity index (χ0v) is 14.3. The molecule has 0 aromatic heterocycles. The smallest absolute Gasteiger partial charge is 0.308 e. The summed E-state index contributed by atoms with van der Waals surface area (Å²) in [4.78, 5) is 46.9. The van der Waals surface area contributed by atoms with E-state index >= 15 is 0 Å². The van der Waals surface area contributed by atoms with Gasteiger partial charge in [-0.2, -0.15) is 0 Å². The number of esters is 1. The van der Waals surface area contributed by atoms with Gasteiger partial charge in [0, 0.05) is 5.56 Å². The lowest BCUT2D eigenvalue weighted by molar-refractivity contribution is -0.148. The number of rotatable bonds is 9. The molecule has 4 N–H and O–H groups in total. The maximum atomic E-state index is 11.9. The van der Waals surface area contributed by atoms with Crippen LogP contribution in [0, 0.1) is 5.92 Å². The summed E-state index contributed by atoms with van der Waals surface area (Å²) in [5.74, 6) is -2.83. The summed E-state index contributed by atoms with van der Waals surface area (Å²) in [5.41, 5.74) is 5.68. The predicted octanol–water partition coefficient (Wildman–Crippen LogP) is -0.0242. The highest BCUT2D eigenvalue weighted by atomic mass is 16.5. The third-order valence-electron chi connectivity index (χ3n) is 3.40. The first kappa shape index (κ1) is 20.1. The molecular weight excluding hydrogens is 326 g/mol. The largest absolute Gasteiger partial charge is 0.466 e. The molecule has 0 aliphatic rings. The molecule has 8 heteroatoms. The summed E-state index contributed by atoms with van der Waals surface area (Å²) in [5, 5.41) is 4.86. The summed E-state index contributed by atoms with van der Waals surface area (Å²) >= 11 is 0. The second-order valence-corrected chi connectivity index (χ2v) is 5.46. The molecule has 0 saturated carbocycles. The standard InChI is InChI=1S/C17H23N3O5/c1-3-25-17(24)11(2)9-13(15(18)22)20-14(21)10-19-16(23)12-7-5-4-6-8-12/h4-8,11,13H,3,9-10H2,1-2H3,(H2,18,22)(H,19,23)(H,20,21)/t11-,13-/m1/s1. The number of primary amides is 1. The van der Waals surface area contributed by atoms with Gasteiger partial charge in [0.2, 0.25) is 11.8 Å². The quantitative estimate of drug-likeness (QED) is 0.540. The van der Waals surface area contributed by atoms with Crippen LogP contribution >= 0.6 is 0 Å². The van der Waals surface area contributed by atoms with Gasteiger partial charge in [0.15, 0.2) is 0 Å². The molecule has 0 fully saturated rings. The summed E-state index contributed by atoms with van der Waals surface area (Å²) in [6.07, 6.45) is 0.0204. The molecule has 0 aliphatic carbocycles. The molecule has 0 spiro atoms. The van der Waals surface area contributed by atoms with E-state index in [1.54, 1.807) is 44.2 Å². The minimum absolute atomic E-state index is 0.0204. The number of carbonyl (C=O) groups is 4. The molecular formula is C17H23N3O5. The minimum Gasteiger partial charge on any atom is -0.466 e. The number of ether oxygens (including phenoxy) is 1. The monoisotopic (exact) mass is 349 g/mol. The predicted molar refractivity (Wildman–Crippen MR) is 90.3 cm³/mol. The Bertz CT molecular complexity index is 618. The maximum absolute atomic E-state index is 11.9. The van der Waals surface area contributed by atoms with Gasteiger partial charge in [0.25, 0.3) is 5.91 Å². The molecule has 3 amide bonds. The van der Waals surface area contributed by atoms with Crippen molar-refractivity contribution in [1.29, 1.82) is 0 Å². The van der Waals surface area contributed by atoms with Crippen LogP contribution in [-0.2, 0) is 19.1 Å². The number of nitrogens with one attached hydrogen (secondary N) is 2. The van der Waals surface area contributed by atoms with Gasteiger partial charge in [-0.3, -0.25) is 19.2 Å². The van der Waals surface area contributed by atoms with Gasteiger partial charge in [-0.1, -0.05) is 25.1 Å². The lowest BCUT2D eigenvalue weighted by Crippen LogP contribution is -2.49. The van der Waals surface area contributed by atoms with Crippen LogP contribution in [-0.4, -0.2) is 42.9 Å². The van der Waals surface area contributed by atoms with Gasteiger partial charge >= 0.3 is 5.97 Å². The van der Waals surface area contributed by atoms with E-state index in [9.17, 15) is 19.2 Å². The average Bonchev–Trinajstić information content (AvgIpc) is 2.59. The van der Waals surface area contributed by atoms with Crippen molar-refractivity contribution in [2.75, 3.05) is 13.2 Å². The van der Waals surface area contributed by atoms with Crippen LogP contribution in [0.25, 0.3) is 0 Å². The average molecular weight is 349 g/mol. The van der Waals surface area contributed by atoms with Crippen molar-refractivity contribution in [3.8, 4) is 0 Å². The summed E-state index contributed by atoms with van der Waals surface area (Å²) < 4.78 is 4.86. The number of hydrogen-bond acceptors (Lipinski definition) is 5. The van der Waals surface area contributed by atoms with Crippen LogP contribution in [0.3, 0.4) is 0 Å². The Hall–Kier alpha value is -2.90. The van der Waals surface area contributed by atoms with E-state index in [0.29, 0.717) is 5.56 Å². The fourth-order valence-electron chi connectivity index (χ4n) is 2.08. The Balaban J connectivity index is 2.52. The topological polar surface area (TPSA) is 128 Å². The molecule has 0 heterocycles. The highest BCUT2D eigenvalue weighted by Crippen LogP contribution is 2.08. The Kier molecular flexibility index (Phi) is 8.11. The molecule has 0 bridgehead atoms. The van der Waals surface area contributed by atoms with E-state index < -0.39 is 35.7 Å². The second-order valence-electron chi connectivity index (χ2n) is 5.46. The fourth-order valence-corrected chi connectivity index (χ4v) is 2.08. The van der Waals surface area contributed by atoms with E-state index in [-0.39, 0.29) is 19.6 Å².